The summed E-state index contributed by atoms with van der Waals surface area (Å²) in [4.78, 5) is 6.18. The van der Waals surface area contributed by atoms with Crippen LogP contribution in [0.1, 0.15) is 0 Å². The Morgan fingerprint density at radius 2 is 2.00 bits per heavy atom. The number of aliphatic imine (C=N–C) groups is 1. The third-order valence-electron chi connectivity index (χ3n) is 2.46. The minimum Gasteiger partial charge on any atom is -0.369 e. The lowest BCUT2D eigenvalue weighted by molar-refractivity contribution is 0.642. The predicted molar refractivity (Wildman–Crippen MR) is 67.9 cm³/mol. The zero-order valence-electron chi connectivity index (χ0n) is 10.0. The Bertz CT molecular complexity index is 728. The Morgan fingerprint density at radius 3 is 2.78 bits per heavy atom. The molecule has 0 N–H and O–H groups in total. The van der Waals surface area contributed by atoms with Gasteiger partial charge in [0.1, 0.15) is 0 Å². The highest BCUT2D eigenvalue weighted by Gasteiger charge is 2.09. The summed E-state index contributed by atoms with van der Waals surface area (Å²) in [5.41, 5.74) is 0.634. The molecule has 0 unspecified atom stereocenters. The smallest absolute Gasteiger partial charge is 0.207 e. The van der Waals surface area contributed by atoms with Gasteiger partial charge in [-0.25, -0.2) is 4.99 Å². The van der Waals surface area contributed by atoms with E-state index in [0.29, 0.717) is 11.5 Å². The molecule has 7 heteroatoms. The minimum atomic E-state index is 0.596. The van der Waals surface area contributed by atoms with Crippen molar-refractivity contribution in [3.63, 3.8) is 0 Å². The molecule has 3 aromatic rings. The Labute approximate surface area is 103 Å². The largest absolute Gasteiger partial charge is 0.369 e. The maximum Gasteiger partial charge on any atom is 0.207 e. The van der Waals surface area contributed by atoms with E-state index in [2.05, 4.69) is 25.6 Å². The number of tetrazole rings is 1. The van der Waals surface area contributed by atoms with Crippen molar-refractivity contribution in [1.29, 1.82) is 0 Å². The Balaban J connectivity index is 2.33. The average Bonchev–Trinajstić information content (AvgIpc) is 2.84. The van der Waals surface area contributed by atoms with Crippen LogP contribution in [0.15, 0.2) is 29.3 Å². The third-order valence-corrected chi connectivity index (χ3v) is 2.46. The van der Waals surface area contributed by atoms with Crippen molar-refractivity contribution >= 4 is 28.6 Å². The van der Waals surface area contributed by atoms with Crippen LogP contribution in [0.5, 0.6) is 0 Å². The second-order valence-electron chi connectivity index (χ2n) is 4.07. The topological polar surface area (TPSA) is 71.6 Å². The van der Waals surface area contributed by atoms with Crippen LogP contribution in [0.25, 0.3) is 16.4 Å². The lowest BCUT2D eigenvalue weighted by Crippen LogP contribution is -2.07. The zero-order valence-corrected chi connectivity index (χ0v) is 10.0. The van der Waals surface area contributed by atoms with Crippen LogP contribution in [0, 0.1) is 0 Å². The normalized spacial score (nSPS) is 11.7. The second kappa shape index (κ2) is 4.02. The van der Waals surface area contributed by atoms with E-state index in [0.717, 1.165) is 10.8 Å². The molecule has 1 aromatic carbocycles. The minimum absolute atomic E-state index is 0.596. The molecule has 7 nitrogen and oxygen atoms in total. The van der Waals surface area contributed by atoms with Gasteiger partial charge < -0.3 is 4.90 Å². The molecule has 0 aliphatic heterocycles. The van der Waals surface area contributed by atoms with Gasteiger partial charge in [-0.1, -0.05) is 24.3 Å². The van der Waals surface area contributed by atoms with Gasteiger partial charge in [0.25, 0.3) is 0 Å². The summed E-state index contributed by atoms with van der Waals surface area (Å²) in [5, 5.41) is 17.6. The van der Waals surface area contributed by atoms with E-state index < -0.39 is 0 Å². The van der Waals surface area contributed by atoms with Gasteiger partial charge in [-0.2, -0.15) is 0 Å². The molecule has 0 saturated carbocycles. The van der Waals surface area contributed by atoms with E-state index >= 15 is 0 Å². The van der Waals surface area contributed by atoms with Crippen molar-refractivity contribution in [3.05, 3.63) is 24.3 Å². The molecule has 2 aromatic heterocycles. The van der Waals surface area contributed by atoms with Gasteiger partial charge in [-0.3, -0.25) is 0 Å². The van der Waals surface area contributed by atoms with E-state index in [-0.39, 0.29) is 0 Å². The monoisotopic (exact) mass is 241 g/mol. The highest BCUT2D eigenvalue weighted by molar-refractivity contribution is 5.99. The van der Waals surface area contributed by atoms with Crippen LogP contribution >= 0.6 is 0 Å². The maximum atomic E-state index is 4.34. The summed E-state index contributed by atoms with van der Waals surface area (Å²) in [6.45, 7) is 0. The first-order valence-electron chi connectivity index (χ1n) is 5.43. The molecule has 0 bridgehead atoms. The van der Waals surface area contributed by atoms with Crippen LogP contribution in [-0.2, 0) is 0 Å². The first-order valence-corrected chi connectivity index (χ1v) is 5.43. The zero-order chi connectivity index (χ0) is 12.5. The van der Waals surface area contributed by atoms with Crippen LogP contribution in [0.3, 0.4) is 0 Å². The van der Waals surface area contributed by atoms with Gasteiger partial charge in [0.15, 0.2) is 5.82 Å². The summed E-state index contributed by atoms with van der Waals surface area (Å²) in [7, 11) is 3.81. The number of fused-ring (bicyclic) bond motifs is 3. The van der Waals surface area contributed by atoms with Crippen LogP contribution in [0.2, 0.25) is 0 Å². The molecule has 90 valence electrons. The standard InChI is InChI=1S/C11H11N7/c1-17(2)7-12-10-8-5-3-4-6-9(8)11-13-15-16-18(11)14-10/h3-7H,1-2H3. The number of hydrogen-bond donors (Lipinski definition) is 0. The summed E-state index contributed by atoms with van der Waals surface area (Å²) >= 11 is 0. The van der Waals surface area contributed by atoms with Gasteiger partial charge in [-0.15, -0.1) is 14.8 Å². The van der Waals surface area contributed by atoms with Gasteiger partial charge >= 0.3 is 0 Å². The van der Waals surface area contributed by atoms with Crippen LogP contribution < -0.4 is 0 Å². The first kappa shape index (κ1) is 10.6. The Kier molecular flexibility index (Phi) is 2.36. The number of aromatic nitrogens is 5. The third kappa shape index (κ3) is 1.65. The fourth-order valence-corrected chi connectivity index (χ4v) is 1.69. The van der Waals surface area contributed by atoms with E-state index in [1.807, 2.05) is 43.3 Å². The summed E-state index contributed by atoms with van der Waals surface area (Å²) in [6.07, 6.45) is 1.70. The average molecular weight is 241 g/mol. The van der Waals surface area contributed by atoms with Crippen LogP contribution in [-0.4, -0.2) is 50.6 Å². The molecule has 0 aliphatic rings. The quantitative estimate of drug-likeness (QED) is 0.492. The number of hydrogen-bond acceptors (Lipinski definition) is 5. The maximum absolute atomic E-state index is 4.34. The van der Waals surface area contributed by atoms with Crippen LogP contribution in [0.4, 0.5) is 5.82 Å². The highest BCUT2D eigenvalue weighted by atomic mass is 15.6. The molecule has 2 heterocycles. The molecule has 0 radical (unpaired) electrons. The van der Waals surface area contributed by atoms with Crippen molar-refractivity contribution in [2.75, 3.05) is 14.1 Å². The van der Waals surface area contributed by atoms with E-state index in [1.54, 1.807) is 6.34 Å². The summed E-state index contributed by atoms with van der Waals surface area (Å²) < 4.78 is 1.39. The van der Waals surface area contributed by atoms with Crippen molar-refractivity contribution in [2.24, 2.45) is 4.99 Å². The van der Waals surface area contributed by atoms with Gasteiger partial charge in [-0.05, 0) is 10.4 Å². The molecule has 0 saturated heterocycles. The molecule has 0 atom stereocenters. The first-order chi connectivity index (χ1) is 8.75. The Morgan fingerprint density at radius 1 is 1.22 bits per heavy atom. The lowest BCUT2D eigenvalue weighted by Gasteiger charge is -2.04. The lowest BCUT2D eigenvalue weighted by atomic mass is 10.2. The van der Waals surface area contributed by atoms with Crippen molar-refractivity contribution in [2.45, 2.75) is 0 Å². The highest BCUT2D eigenvalue weighted by Crippen LogP contribution is 2.25. The predicted octanol–water partition coefficient (Wildman–Crippen LogP) is 0.894. The summed E-state index contributed by atoms with van der Waals surface area (Å²) in [5.74, 6) is 0.596. The molecule has 3 rings (SSSR count). The fourth-order valence-electron chi connectivity index (χ4n) is 1.69. The fraction of sp³-hybridized carbons (Fsp3) is 0.182. The van der Waals surface area contributed by atoms with Crippen molar-refractivity contribution in [1.82, 2.24) is 30.2 Å². The number of rotatable bonds is 2. The Hall–Kier alpha value is -2.57. The second-order valence-corrected chi connectivity index (χ2v) is 4.07. The molecular weight excluding hydrogens is 230 g/mol. The van der Waals surface area contributed by atoms with Crippen molar-refractivity contribution < 1.29 is 0 Å². The molecular formula is C11H11N7. The molecule has 0 amide bonds. The molecule has 18 heavy (non-hydrogen) atoms. The SMILES string of the molecule is CN(C)C=Nc1nn2nnnc2c2ccccc12. The van der Waals surface area contributed by atoms with Gasteiger partial charge in [0.2, 0.25) is 5.65 Å². The van der Waals surface area contributed by atoms with E-state index in [9.17, 15) is 0 Å². The number of nitrogens with zero attached hydrogens (tertiary/aromatic N) is 7. The van der Waals surface area contributed by atoms with E-state index in [4.69, 9.17) is 0 Å². The van der Waals surface area contributed by atoms with Gasteiger partial charge in [0, 0.05) is 24.9 Å². The molecule has 0 aliphatic carbocycles. The van der Waals surface area contributed by atoms with Gasteiger partial charge in [0.05, 0.1) is 6.34 Å². The van der Waals surface area contributed by atoms with E-state index in [1.165, 1.54) is 4.63 Å². The molecule has 0 fully saturated rings. The van der Waals surface area contributed by atoms with Crippen molar-refractivity contribution in [3.8, 4) is 0 Å². The summed E-state index contributed by atoms with van der Waals surface area (Å²) in [6, 6.07) is 7.80. The number of benzene rings is 1. The molecule has 0 spiro atoms.